The molecular weight excluding hydrogens is 412 g/mol. The molecule has 0 saturated heterocycles. The normalized spacial score (nSPS) is 13.8. The van der Waals surface area contributed by atoms with Gasteiger partial charge in [0.1, 0.15) is 10.6 Å². The molecule has 28 heavy (non-hydrogen) atoms. The maximum absolute atomic E-state index is 6.28. The smallest absolute Gasteiger partial charge is 0.205 e. The molecular formula is C20H17ClN4OS2. The number of thiophene rings is 1. The van der Waals surface area contributed by atoms with E-state index in [0.29, 0.717) is 33.4 Å². The van der Waals surface area contributed by atoms with Crippen molar-refractivity contribution in [3.05, 3.63) is 51.8 Å². The Balaban J connectivity index is 1.35. The zero-order valence-electron chi connectivity index (χ0n) is 14.9. The molecule has 1 aromatic carbocycles. The molecule has 8 heteroatoms. The maximum Gasteiger partial charge on any atom is 0.205 e. The van der Waals surface area contributed by atoms with E-state index in [9.17, 15) is 0 Å². The van der Waals surface area contributed by atoms with Gasteiger partial charge in [0.2, 0.25) is 5.89 Å². The summed E-state index contributed by atoms with van der Waals surface area (Å²) in [6, 6.07) is 7.49. The minimum Gasteiger partial charge on any atom is -0.440 e. The van der Waals surface area contributed by atoms with E-state index < -0.39 is 0 Å². The largest absolute Gasteiger partial charge is 0.440 e. The van der Waals surface area contributed by atoms with Crippen molar-refractivity contribution in [1.82, 2.24) is 15.0 Å². The summed E-state index contributed by atoms with van der Waals surface area (Å²) in [5.41, 5.74) is 8.58. The fraction of sp³-hybridized carbons (Fsp3) is 0.250. The quantitative estimate of drug-likeness (QED) is 0.329. The lowest BCUT2D eigenvalue weighted by Gasteiger charge is -2.10. The van der Waals surface area contributed by atoms with Crippen LogP contribution in [0.4, 0.5) is 5.82 Å². The maximum atomic E-state index is 6.28. The molecule has 5 nitrogen and oxygen atoms in total. The van der Waals surface area contributed by atoms with E-state index in [1.165, 1.54) is 35.0 Å². The van der Waals surface area contributed by atoms with Gasteiger partial charge in [0.05, 0.1) is 17.3 Å². The number of hydrogen-bond donors (Lipinski definition) is 1. The van der Waals surface area contributed by atoms with E-state index in [0.717, 1.165) is 28.6 Å². The number of aryl methyl sites for hydroxylation is 2. The Bertz CT molecular complexity index is 1150. The third-order valence-corrected chi connectivity index (χ3v) is 7.10. The molecule has 1 aliphatic carbocycles. The summed E-state index contributed by atoms with van der Waals surface area (Å²) >= 11 is 9.18. The van der Waals surface area contributed by atoms with Gasteiger partial charge in [0, 0.05) is 15.5 Å². The second-order valence-electron chi connectivity index (χ2n) is 6.70. The number of aromatic nitrogens is 3. The molecule has 0 unspecified atom stereocenters. The highest BCUT2D eigenvalue weighted by molar-refractivity contribution is 7.98. The van der Waals surface area contributed by atoms with Crippen LogP contribution in [0.25, 0.3) is 21.5 Å². The highest BCUT2D eigenvalue weighted by atomic mass is 35.5. The summed E-state index contributed by atoms with van der Waals surface area (Å²) in [7, 11) is 0. The van der Waals surface area contributed by atoms with Crippen molar-refractivity contribution in [3.63, 3.8) is 0 Å². The third-order valence-electron chi connectivity index (χ3n) is 4.83. The van der Waals surface area contributed by atoms with E-state index in [2.05, 4.69) is 9.97 Å². The number of anilines is 1. The number of nitrogens with zero attached hydrogens (tertiary/aromatic N) is 3. The van der Waals surface area contributed by atoms with E-state index in [-0.39, 0.29) is 0 Å². The molecule has 0 fully saturated rings. The fourth-order valence-corrected chi connectivity index (χ4v) is 5.64. The Morgan fingerprint density at radius 3 is 2.82 bits per heavy atom. The number of thioether (sulfide) groups is 1. The minimum atomic E-state index is 0.545. The monoisotopic (exact) mass is 428 g/mol. The second-order valence-corrected chi connectivity index (χ2v) is 9.16. The lowest BCUT2D eigenvalue weighted by Crippen LogP contribution is -2.01. The van der Waals surface area contributed by atoms with Crippen LogP contribution in [0.3, 0.4) is 0 Å². The number of nitrogens with two attached hydrogens (primary N) is 1. The van der Waals surface area contributed by atoms with Gasteiger partial charge in [0.25, 0.3) is 0 Å². The Kier molecular flexibility index (Phi) is 4.74. The van der Waals surface area contributed by atoms with E-state index in [1.54, 1.807) is 17.5 Å². The highest BCUT2D eigenvalue weighted by Crippen LogP contribution is 2.38. The lowest BCUT2D eigenvalue weighted by atomic mass is 9.97. The fourth-order valence-electron chi connectivity index (χ4n) is 3.48. The summed E-state index contributed by atoms with van der Waals surface area (Å²) in [5.74, 6) is 2.47. The zero-order valence-corrected chi connectivity index (χ0v) is 17.3. The molecule has 0 amide bonds. The summed E-state index contributed by atoms with van der Waals surface area (Å²) in [5, 5.41) is 2.42. The highest BCUT2D eigenvalue weighted by Gasteiger charge is 2.20. The van der Waals surface area contributed by atoms with E-state index in [4.69, 9.17) is 26.7 Å². The SMILES string of the molecule is Nc1nc(SCc2ncc(-c3ccc(Cl)cc3)o2)nc2sc3c(c12)CCCC3. The van der Waals surface area contributed by atoms with Crippen molar-refractivity contribution in [2.24, 2.45) is 0 Å². The van der Waals surface area contributed by atoms with Gasteiger partial charge in [0.15, 0.2) is 10.9 Å². The molecule has 5 rings (SSSR count). The van der Waals surface area contributed by atoms with Crippen molar-refractivity contribution < 1.29 is 4.42 Å². The third kappa shape index (κ3) is 3.38. The van der Waals surface area contributed by atoms with Gasteiger partial charge in [-0.05, 0) is 55.5 Å². The average molecular weight is 429 g/mol. The lowest BCUT2D eigenvalue weighted by molar-refractivity contribution is 0.530. The molecule has 2 N–H and O–H groups in total. The first kappa shape index (κ1) is 18.0. The van der Waals surface area contributed by atoms with Crippen LogP contribution >= 0.6 is 34.7 Å². The predicted molar refractivity (Wildman–Crippen MR) is 115 cm³/mol. The molecule has 0 bridgehead atoms. The van der Waals surface area contributed by atoms with Crippen LogP contribution in [0.15, 0.2) is 40.0 Å². The standard InChI is InChI=1S/C20H17ClN4OS2/c21-12-7-5-11(6-8-12)14-9-23-16(26-14)10-27-20-24-18(22)17-13-3-1-2-4-15(13)28-19(17)25-20/h5-9H,1-4,10H2,(H2,22,24,25). The number of benzene rings is 1. The first-order chi connectivity index (χ1) is 13.7. The van der Waals surface area contributed by atoms with Gasteiger partial charge in [-0.1, -0.05) is 23.4 Å². The van der Waals surface area contributed by atoms with Gasteiger partial charge < -0.3 is 10.2 Å². The predicted octanol–water partition coefficient (Wildman–Crippen LogP) is 5.75. The molecule has 3 aromatic heterocycles. The molecule has 142 valence electrons. The van der Waals surface area contributed by atoms with Crippen LogP contribution < -0.4 is 5.73 Å². The van der Waals surface area contributed by atoms with Crippen molar-refractivity contribution in [1.29, 1.82) is 0 Å². The first-order valence-electron chi connectivity index (χ1n) is 9.08. The van der Waals surface area contributed by atoms with Crippen molar-refractivity contribution in [3.8, 4) is 11.3 Å². The molecule has 1 aliphatic rings. The van der Waals surface area contributed by atoms with Crippen molar-refractivity contribution in [2.45, 2.75) is 36.6 Å². The number of rotatable bonds is 4. The summed E-state index contributed by atoms with van der Waals surface area (Å²) in [4.78, 5) is 16.0. The average Bonchev–Trinajstić information content (AvgIpc) is 3.31. The molecule has 0 spiro atoms. The summed E-state index contributed by atoms with van der Waals surface area (Å²) in [6.07, 6.45) is 6.40. The second kappa shape index (κ2) is 7.39. The number of fused-ring (bicyclic) bond motifs is 3. The zero-order chi connectivity index (χ0) is 19.1. The van der Waals surface area contributed by atoms with Crippen LogP contribution in [0.5, 0.6) is 0 Å². The van der Waals surface area contributed by atoms with E-state index in [1.807, 2.05) is 24.3 Å². The van der Waals surface area contributed by atoms with Crippen LogP contribution in [0.1, 0.15) is 29.2 Å². The molecule has 0 radical (unpaired) electrons. The van der Waals surface area contributed by atoms with Gasteiger partial charge in [-0.3, -0.25) is 0 Å². The Morgan fingerprint density at radius 1 is 1.14 bits per heavy atom. The molecule has 0 aliphatic heterocycles. The molecule has 0 saturated carbocycles. The number of nitrogen functional groups attached to an aromatic ring is 1. The molecule has 4 aromatic rings. The van der Waals surface area contributed by atoms with Gasteiger partial charge in [-0.2, -0.15) is 0 Å². The van der Waals surface area contributed by atoms with Crippen molar-refractivity contribution in [2.75, 3.05) is 5.73 Å². The Labute approximate surface area is 175 Å². The topological polar surface area (TPSA) is 77.8 Å². The van der Waals surface area contributed by atoms with Crippen LogP contribution in [0.2, 0.25) is 5.02 Å². The Hall–Kier alpha value is -2.09. The van der Waals surface area contributed by atoms with E-state index >= 15 is 0 Å². The number of hydrogen-bond acceptors (Lipinski definition) is 7. The van der Waals surface area contributed by atoms with Crippen LogP contribution in [0, 0.1) is 0 Å². The van der Waals surface area contributed by atoms with Crippen LogP contribution in [-0.2, 0) is 18.6 Å². The van der Waals surface area contributed by atoms with Gasteiger partial charge >= 0.3 is 0 Å². The van der Waals surface area contributed by atoms with Gasteiger partial charge in [-0.25, -0.2) is 15.0 Å². The first-order valence-corrected chi connectivity index (χ1v) is 11.3. The Morgan fingerprint density at radius 2 is 1.96 bits per heavy atom. The molecule has 0 atom stereocenters. The summed E-state index contributed by atoms with van der Waals surface area (Å²) < 4.78 is 5.86. The minimum absolute atomic E-state index is 0.545. The number of oxazole rings is 1. The van der Waals surface area contributed by atoms with Crippen molar-refractivity contribution >= 4 is 50.7 Å². The van der Waals surface area contributed by atoms with Gasteiger partial charge in [-0.15, -0.1) is 11.3 Å². The molecule has 3 heterocycles. The van der Waals surface area contributed by atoms with Crippen LogP contribution in [-0.4, -0.2) is 15.0 Å². The summed E-state index contributed by atoms with van der Waals surface area (Å²) in [6.45, 7) is 0. The number of halogens is 1.